The van der Waals surface area contributed by atoms with E-state index in [2.05, 4.69) is 5.32 Å². The van der Waals surface area contributed by atoms with Gasteiger partial charge in [0.1, 0.15) is 5.75 Å². The zero-order chi connectivity index (χ0) is 18.5. The molecule has 0 saturated carbocycles. The molecule has 0 atom stereocenters. The first kappa shape index (κ1) is 18.0. The molecule has 0 spiro atoms. The topological polar surface area (TPSA) is 88.2 Å². The first-order valence-electron chi connectivity index (χ1n) is 8.73. The molecule has 8 nitrogen and oxygen atoms in total. The van der Waals surface area contributed by atoms with Crippen molar-refractivity contribution in [2.45, 2.75) is 19.3 Å². The van der Waals surface area contributed by atoms with Crippen LogP contribution in [0.2, 0.25) is 0 Å². The summed E-state index contributed by atoms with van der Waals surface area (Å²) in [7, 11) is 1.36. The number of nitrogens with zero attached hydrogens (tertiary/aromatic N) is 2. The summed E-state index contributed by atoms with van der Waals surface area (Å²) < 4.78 is 10.3. The predicted molar refractivity (Wildman–Crippen MR) is 94.1 cm³/mol. The third kappa shape index (κ3) is 4.25. The lowest BCUT2D eigenvalue weighted by molar-refractivity contribution is -0.130. The number of fused-ring (bicyclic) bond motifs is 1. The fraction of sp³-hybridized carbons (Fsp3) is 0.500. The zero-order valence-corrected chi connectivity index (χ0v) is 14.8. The van der Waals surface area contributed by atoms with Crippen LogP contribution in [0.3, 0.4) is 0 Å². The van der Waals surface area contributed by atoms with Gasteiger partial charge in [-0.1, -0.05) is 6.07 Å². The molecule has 0 aliphatic carbocycles. The number of nitrogens with one attached hydrogen (secondary N) is 1. The van der Waals surface area contributed by atoms with Crippen LogP contribution in [0.5, 0.6) is 5.75 Å². The number of methoxy groups -OCH3 is 1. The second kappa shape index (κ2) is 8.07. The van der Waals surface area contributed by atoms with Crippen LogP contribution in [-0.4, -0.2) is 67.6 Å². The molecule has 1 aromatic carbocycles. The lowest BCUT2D eigenvalue weighted by Crippen LogP contribution is -2.37. The summed E-state index contributed by atoms with van der Waals surface area (Å²) in [6.07, 6.45) is 0.907. The summed E-state index contributed by atoms with van der Waals surface area (Å²) in [5, 5.41) is 2.80. The van der Waals surface area contributed by atoms with Gasteiger partial charge in [0.05, 0.1) is 32.2 Å². The number of hydrogen-bond acceptors (Lipinski definition) is 5. The quantitative estimate of drug-likeness (QED) is 0.857. The lowest BCUT2D eigenvalue weighted by atomic mass is 10.1. The first-order chi connectivity index (χ1) is 12.6. The number of carbonyl (C=O) groups excluding carboxylic acids is 3. The predicted octanol–water partition coefficient (Wildman–Crippen LogP) is 1.25. The van der Waals surface area contributed by atoms with Crippen LogP contribution in [0.1, 0.15) is 18.4 Å². The van der Waals surface area contributed by atoms with Gasteiger partial charge in [0.15, 0.2) is 0 Å². The van der Waals surface area contributed by atoms with Crippen molar-refractivity contribution in [3.8, 4) is 5.75 Å². The van der Waals surface area contributed by atoms with Gasteiger partial charge >= 0.3 is 6.09 Å². The van der Waals surface area contributed by atoms with E-state index < -0.39 is 0 Å². The summed E-state index contributed by atoms with van der Waals surface area (Å²) >= 11 is 0. The van der Waals surface area contributed by atoms with Crippen LogP contribution in [0, 0.1) is 0 Å². The molecule has 2 heterocycles. The molecule has 1 saturated heterocycles. The lowest BCUT2D eigenvalue weighted by Gasteiger charge is -2.21. The summed E-state index contributed by atoms with van der Waals surface area (Å²) in [5.41, 5.74) is 1.42. The molecule has 1 fully saturated rings. The van der Waals surface area contributed by atoms with Crippen LogP contribution in [-0.2, 0) is 20.7 Å². The Morgan fingerprint density at radius 3 is 2.77 bits per heavy atom. The van der Waals surface area contributed by atoms with Crippen LogP contribution in [0.4, 0.5) is 10.5 Å². The van der Waals surface area contributed by atoms with Gasteiger partial charge in [0.25, 0.3) is 0 Å². The third-order valence-corrected chi connectivity index (χ3v) is 4.54. The van der Waals surface area contributed by atoms with Gasteiger partial charge in [0.2, 0.25) is 11.8 Å². The van der Waals surface area contributed by atoms with Crippen LogP contribution in [0.25, 0.3) is 0 Å². The highest BCUT2D eigenvalue weighted by Gasteiger charge is 2.23. The van der Waals surface area contributed by atoms with Crippen molar-refractivity contribution in [2.24, 2.45) is 0 Å². The molecule has 3 amide bonds. The Morgan fingerprint density at radius 2 is 1.96 bits per heavy atom. The molecular weight excluding hydrogens is 338 g/mol. The normalized spacial score (nSPS) is 17.3. The summed E-state index contributed by atoms with van der Waals surface area (Å²) in [5.74, 6) is 0.524. The van der Waals surface area contributed by atoms with E-state index in [0.29, 0.717) is 50.6 Å². The molecule has 1 N–H and O–H groups in total. The Hall–Kier alpha value is -2.77. The van der Waals surface area contributed by atoms with Crippen molar-refractivity contribution in [3.63, 3.8) is 0 Å². The number of hydrogen-bond donors (Lipinski definition) is 1. The van der Waals surface area contributed by atoms with E-state index in [1.54, 1.807) is 21.9 Å². The molecule has 0 bridgehead atoms. The van der Waals surface area contributed by atoms with Crippen molar-refractivity contribution in [1.82, 2.24) is 9.80 Å². The molecule has 140 valence electrons. The number of ether oxygens (including phenoxy) is 2. The molecule has 8 heteroatoms. The second-order valence-corrected chi connectivity index (χ2v) is 6.35. The number of rotatable bonds is 2. The Balaban J connectivity index is 1.63. The number of carbonyl (C=O) groups is 3. The highest BCUT2D eigenvalue weighted by atomic mass is 16.5. The van der Waals surface area contributed by atoms with E-state index in [-0.39, 0.29) is 24.3 Å². The van der Waals surface area contributed by atoms with Crippen molar-refractivity contribution in [1.29, 1.82) is 0 Å². The van der Waals surface area contributed by atoms with E-state index >= 15 is 0 Å². The van der Waals surface area contributed by atoms with Gasteiger partial charge in [-0.05, 0) is 24.1 Å². The fourth-order valence-electron chi connectivity index (χ4n) is 3.14. The Morgan fingerprint density at radius 1 is 1.19 bits per heavy atom. The average Bonchev–Trinajstić information content (AvgIpc) is 2.98. The summed E-state index contributed by atoms with van der Waals surface area (Å²) in [6, 6.07) is 5.41. The number of anilines is 1. The molecule has 0 unspecified atom stereocenters. The fourth-order valence-corrected chi connectivity index (χ4v) is 3.14. The van der Waals surface area contributed by atoms with Crippen molar-refractivity contribution in [3.05, 3.63) is 23.8 Å². The minimum absolute atomic E-state index is 0.00228. The van der Waals surface area contributed by atoms with Gasteiger partial charge in [-0.25, -0.2) is 4.79 Å². The standard InChI is InChI=1S/C18H23N3O5/c1-25-18(24)21-7-2-6-20(8-9-21)17(23)12-13-3-4-15-14(11-13)19-16(22)5-10-26-15/h3-4,11H,2,5-10,12H2,1H3,(H,19,22). The Kier molecular flexibility index (Phi) is 5.60. The van der Waals surface area contributed by atoms with Gasteiger partial charge in [-0.15, -0.1) is 0 Å². The van der Waals surface area contributed by atoms with E-state index in [0.717, 1.165) is 12.0 Å². The maximum Gasteiger partial charge on any atom is 0.409 e. The van der Waals surface area contributed by atoms with E-state index in [4.69, 9.17) is 9.47 Å². The summed E-state index contributed by atoms with van der Waals surface area (Å²) in [4.78, 5) is 39.3. The molecular formula is C18H23N3O5. The monoisotopic (exact) mass is 361 g/mol. The third-order valence-electron chi connectivity index (χ3n) is 4.54. The molecule has 2 aliphatic heterocycles. The van der Waals surface area contributed by atoms with Gasteiger partial charge in [0, 0.05) is 26.2 Å². The van der Waals surface area contributed by atoms with E-state index in [1.807, 2.05) is 6.07 Å². The highest BCUT2D eigenvalue weighted by molar-refractivity contribution is 5.93. The molecule has 26 heavy (non-hydrogen) atoms. The van der Waals surface area contributed by atoms with Crippen LogP contribution < -0.4 is 10.1 Å². The minimum atomic E-state index is -0.360. The Bertz CT molecular complexity index is 706. The highest BCUT2D eigenvalue weighted by Crippen LogP contribution is 2.28. The maximum atomic E-state index is 12.6. The molecule has 1 aromatic rings. The van der Waals surface area contributed by atoms with Gasteiger partial charge in [-0.3, -0.25) is 9.59 Å². The SMILES string of the molecule is COC(=O)N1CCCN(C(=O)Cc2ccc3c(c2)NC(=O)CCO3)CC1. The van der Waals surface area contributed by atoms with Crippen LogP contribution >= 0.6 is 0 Å². The van der Waals surface area contributed by atoms with Crippen LogP contribution in [0.15, 0.2) is 18.2 Å². The van der Waals surface area contributed by atoms with E-state index in [9.17, 15) is 14.4 Å². The number of amides is 3. The van der Waals surface area contributed by atoms with Gasteiger partial charge < -0.3 is 24.6 Å². The molecule has 0 aromatic heterocycles. The van der Waals surface area contributed by atoms with Crippen molar-refractivity contribution < 1.29 is 23.9 Å². The van der Waals surface area contributed by atoms with Crippen molar-refractivity contribution >= 4 is 23.6 Å². The average molecular weight is 361 g/mol. The van der Waals surface area contributed by atoms with E-state index in [1.165, 1.54) is 7.11 Å². The summed E-state index contributed by atoms with van der Waals surface area (Å²) in [6.45, 7) is 2.49. The molecule has 2 aliphatic rings. The second-order valence-electron chi connectivity index (χ2n) is 6.35. The van der Waals surface area contributed by atoms with Crippen molar-refractivity contribution in [2.75, 3.05) is 45.2 Å². The first-order valence-corrected chi connectivity index (χ1v) is 8.73. The Labute approximate surface area is 152 Å². The largest absolute Gasteiger partial charge is 0.491 e. The maximum absolute atomic E-state index is 12.6. The number of benzene rings is 1. The van der Waals surface area contributed by atoms with Gasteiger partial charge in [-0.2, -0.15) is 0 Å². The smallest absolute Gasteiger partial charge is 0.409 e. The zero-order valence-electron chi connectivity index (χ0n) is 14.8. The minimum Gasteiger partial charge on any atom is -0.491 e. The molecule has 3 rings (SSSR count). The molecule has 0 radical (unpaired) electrons.